The van der Waals surface area contributed by atoms with E-state index >= 15 is 0 Å². The van der Waals surface area contributed by atoms with E-state index in [1.54, 1.807) is 24.0 Å². The number of benzene rings is 2. The van der Waals surface area contributed by atoms with Crippen LogP contribution in [0.3, 0.4) is 0 Å². The summed E-state index contributed by atoms with van der Waals surface area (Å²) in [6.07, 6.45) is 5.68. The smallest absolute Gasteiger partial charge is 0.234 e. The van der Waals surface area contributed by atoms with Gasteiger partial charge in [0.05, 0.1) is 11.4 Å². The van der Waals surface area contributed by atoms with Crippen molar-refractivity contribution in [3.05, 3.63) is 72.8 Å². The molecule has 0 saturated carbocycles. The van der Waals surface area contributed by atoms with E-state index in [9.17, 15) is 4.39 Å². The summed E-state index contributed by atoms with van der Waals surface area (Å²) in [7, 11) is 0. The van der Waals surface area contributed by atoms with E-state index in [1.807, 2.05) is 29.0 Å². The highest BCUT2D eigenvalue weighted by atomic mass is 32.2. The van der Waals surface area contributed by atoms with E-state index in [4.69, 9.17) is 0 Å². The Morgan fingerprint density at radius 2 is 1.83 bits per heavy atom. The lowest BCUT2D eigenvalue weighted by molar-refractivity contribution is 0.628. The summed E-state index contributed by atoms with van der Waals surface area (Å²) in [6.45, 7) is 0. The van der Waals surface area contributed by atoms with Gasteiger partial charge in [-0.2, -0.15) is 0 Å². The first kappa shape index (κ1) is 14.9. The first-order valence-electron chi connectivity index (χ1n) is 7.50. The van der Waals surface area contributed by atoms with Crippen molar-refractivity contribution in [2.75, 3.05) is 6.26 Å². The quantitative estimate of drug-likeness (QED) is 0.498. The van der Waals surface area contributed by atoms with Gasteiger partial charge in [0.1, 0.15) is 5.82 Å². The Morgan fingerprint density at radius 3 is 2.58 bits per heavy atom. The second-order valence-electron chi connectivity index (χ2n) is 5.34. The van der Waals surface area contributed by atoms with Gasteiger partial charge >= 0.3 is 0 Å². The van der Waals surface area contributed by atoms with Crippen LogP contribution in [0, 0.1) is 5.82 Å². The number of thioether (sulfide) groups is 1. The first-order valence-corrected chi connectivity index (χ1v) is 8.72. The third-order valence-electron chi connectivity index (χ3n) is 3.87. The SMILES string of the molecule is CSc1ccc(-c2c(-c3cccc(F)c3)nc3ncccn23)cc1. The molecule has 0 spiro atoms. The van der Waals surface area contributed by atoms with Crippen molar-refractivity contribution in [1.29, 1.82) is 0 Å². The Hall–Kier alpha value is -2.66. The highest BCUT2D eigenvalue weighted by Gasteiger charge is 2.16. The summed E-state index contributed by atoms with van der Waals surface area (Å²) in [5.74, 6) is 0.321. The van der Waals surface area contributed by atoms with E-state index < -0.39 is 0 Å². The van der Waals surface area contributed by atoms with E-state index in [2.05, 4.69) is 34.2 Å². The zero-order valence-corrected chi connectivity index (χ0v) is 13.8. The summed E-state index contributed by atoms with van der Waals surface area (Å²) in [5, 5.41) is 0. The van der Waals surface area contributed by atoms with Gasteiger partial charge in [0.15, 0.2) is 0 Å². The maximum Gasteiger partial charge on any atom is 0.234 e. The largest absolute Gasteiger partial charge is 0.283 e. The van der Waals surface area contributed by atoms with Crippen molar-refractivity contribution in [3.8, 4) is 22.5 Å². The van der Waals surface area contributed by atoms with Gasteiger partial charge in [-0.15, -0.1) is 11.8 Å². The van der Waals surface area contributed by atoms with Crippen LogP contribution in [-0.4, -0.2) is 20.6 Å². The molecule has 2 aromatic carbocycles. The molecule has 0 atom stereocenters. The molecule has 4 rings (SSSR count). The molecular weight excluding hydrogens is 321 g/mol. The molecule has 0 radical (unpaired) electrons. The minimum absolute atomic E-state index is 0.277. The highest BCUT2D eigenvalue weighted by Crippen LogP contribution is 2.33. The Morgan fingerprint density at radius 1 is 1.00 bits per heavy atom. The van der Waals surface area contributed by atoms with Crippen molar-refractivity contribution >= 4 is 17.5 Å². The Bertz CT molecular complexity index is 1010. The van der Waals surface area contributed by atoms with E-state index in [0.717, 1.165) is 22.5 Å². The van der Waals surface area contributed by atoms with Gasteiger partial charge in [-0.25, -0.2) is 14.4 Å². The molecule has 0 amide bonds. The molecule has 0 fully saturated rings. The number of imidazole rings is 1. The molecule has 0 bridgehead atoms. The van der Waals surface area contributed by atoms with Crippen molar-refractivity contribution in [2.45, 2.75) is 4.90 Å². The maximum atomic E-state index is 13.7. The van der Waals surface area contributed by atoms with Crippen LogP contribution in [0.2, 0.25) is 0 Å². The zero-order chi connectivity index (χ0) is 16.5. The zero-order valence-electron chi connectivity index (χ0n) is 13.0. The number of aromatic nitrogens is 3. The molecule has 3 nitrogen and oxygen atoms in total. The molecule has 2 aromatic heterocycles. The van der Waals surface area contributed by atoms with Crippen LogP contribution in [0.4, 0.5) is 4.39 Å². The van der Waals surface area contributed by atoms with E-state index in [1.165, 1.54) is 17.0 Å². The molecule has 0 aliphatic heterocycles. The molecule has 24 heavy (non-hydrogen) atoms. The van der Waals surface area contributed by atoms with Gasteiger partial charge in [0.25, 0.3) is 0 Å². The molecule has 2 heterocycles. The van der Waals surface area contributed by atoms with Crippen molar-refractivity contribution in [1.82, 2.24) is 14.4 Å². The average molecular weight is 335 g/mol. The number of hydrogen-bond acceptors (Lipinski definition) is 3. The fourth-order valence-corrected chi connectivity index (χ4v) is 3.16. The average Bonchev–Trinajstić information content (AvgIpc) is 3.01. The molecule has 0 unspecified atom stereocenters. The van der Waals surface area contributed by atoms with Crippen molar-refractivity contribution in [3.63, 3.8) is 0 Å². The Labute approximate surface area is 143 Å². The summed E-state index contributed by atoms with van der Waals surface area (Å²) >= 11 is 1.70. The number of hydrogen-bond donors (Lipinski definition) is 0. The van der Waals surface area contributed by atoms with Gasteiger partial charge < -0.3 is 0 Å². The van der Waals surface area contributed by atoms with Gasteiger partial charge in [0, 0.05) is 28.4 Å². The molecule has 0 aliphatic rings. The number of rotatable bonds is 3. The highest BCUT2D eigenvalue weighted by molar-refractivity contribution is 7.98. The molecular formula is C19H14FN3S. The summed E-state index contributed by atoms with van der Waals surface area (Å²) in [4.78, 5) is 10.1. The minimum Gasteiger partial charge on any atom is -0.283 e. The van der Waals surface area contributed by atoms with Gasteiger partial charge in [-0.05, 0) is 36.6 Å². The molecule has 0 saturated heterocycles. The van der Waals surface area contributed by atoms with Crippen LogP contribution in [0.1, 0.15) is 0 Å². The second-order valence-corrected chi connectivity index (χ2v) is 6.22. The fraction of sp³-hybridized carbons (Fsp3) is 0.0526. The van der Waals surface area contributed by atoms with Crippen LogP contribution in [0.5, 0.6) is 0 Å². The second kappa shape index (κ2) is 6.09. The van der Waals surface area contributed by atoms with Crippen LogP contribution < -0.4 is 0 Å². The van der Waals surface area contributed by atoms with Crippen molar-refractivity contribution in [2.24, 2.45) is 0 Å². The molecule has 0 aliphatic carbocycles. The number of nitrogens with zero attached hydrogens (tertiary/aromatic N) is 3. The molecule has 5 heteroatoms. The summed E-state index contributed by atoms with van der Waals surface area (Å²) in [6, 6.07) is 16.6. The van der Waals surface area contributed by atoms with Gasteiger partial charge in [-0.1, -0.05) is 24.3 Å². The van der Waals surface area contributed by atoms with Crippen LogP contribution in [0.15, 0.2) is 71.9 Å². The number of fused-ring (bicyclic) bond motifs is 1. The predicted octanol–water partition coefficient (Wildman–Crippen LogP) is 4.92. The van der Waals surface area contributed by atoms with Gasteiger partial charge in [0.2, 0.25) is 5.78 Å². The van der Waals surface area contributed by atoms with Crippen LogP contribution in [-0.2, 0) is 0 Å². The number of halogens is 1. The van der Waals surface area contributed by atoms with E-state index in [0.29, 0.717) is 5.78 Å². The third-order valence-corrected chi connectivity index (χ3v) is 4.61. The standard InChI is InChI=1S/C19H14FN3S/c1-24-16-8-6-13(7-9-16)18-17(14-4-2-5-15(20)12-14)22-19-21-10-3-11-23(18)19/h2-12H,1H3. The Kier molecular flexibility index (Phi) is 3.78. The van der Waals surface area contributed by atoms with Crippen LogP contribution >= 0.6 is 11.8 Å². The lowest BCUT2D eigenvalue weighted by atomic mass is 10.0. The molecule has 118 valence electrons. The van der Waals surface area contributed by atoms with E-state index in [-0.39, 0.29) is 5.82 Å². The maximum absolute atomic E-state index is 13.7. The molecule has 0 N–H and O–H groups in total. The fourth-order valence-electron chi connectivity index (χ4n) is 2.75. The topological polar surface area (TPSA) is 30.2 Å². The van der Waals surface area contributed by atoms with Gasteiger partial charge in [-0.3, -0.25) is 4.40 Å². The minimum atomic E-state index is -0.277. The normalized spacial score (nSPS) is 11.1. The molecule has 4 aromatic rings. The van der Waals surface area contributed by atoms with Crippen LogP contribution in [0.25, 0.3) is 28.3 Å². The predicted molar refractivity (Wildman–Crippen MR) is 95.6 cm³/mol. The third kappa shape index (κ3) is 2.57. The summed E-state index contributed by atoms with van der Waals surface area (Å²) in [5.41, 5.74) is 3.40. The van der Waals surface area contributed by atoms with Crippen molar-refractivity contribution < 1.29 is 4.39 Å². The Balaban J connectivity index is 1.99. The lowest BCUT2D eigenvalue weighted by Crippen LogP contribution is -1.90. The monoisotopic (exact) mass is 335 g/mol. The lowest BCUT2D eigenvalue weighted by Gasteiger charge is -2.06. The summed E-state index contributed by atoms with van der Waals surface area (Å²) < 4.78 is 15.6. The first-order chi connectivity index (χ1) is 11.8.